The number of aliphatic hydroxyl groups excluding tert-OH is 1. The zero-order valence-corrected chi connectivity index (χ0v) is 22.3. The van der Waals surface area contributed by atoms with Gasteiger partial charge >= 0.3 is 5.91 Å². The number of aliphatic hydroxyl groups is 1. The fraction of sp³-hybridized carbons (Fsp3) is 0.233. The number of likely N-dealkylation sites (N-methyl/N-ethyl adjacent to an activating group) is 1. The van der Waals surface area contributed by atoms with E-state index in [0.717, 1.165) is 11.3 Å². The van der Waals surface area contributed by atoms with Gasteiger partial charge in [-0.25, -0.2) is 4.98 Å². The van der Waals surface area contributed by atoms with Gasteiger partial charge in [0.25, 0.3) is 5.78 Å². The Kier molecular flexibility index (Phi) is 6.10. The monoisotopic (exact) mass is 540 g/mol. The van der Waals surface area contributed by atoms with Crippen LogP contribution in [-0.4, -0.2) is 58.7 Å². The number of carbonyl (C=O) groups excluding carboxylic acids is 2. The number of ether oxygens (including phenoxy) is 2. The van der Waals surface area contributed by atoms with Gasteiger partial charge in [-0.15, -0.1) is 0 Å². The molecule has 0 radical (unpaired) electrons. The number of aromatic amines is 1. The summed E-state index contributed by atoms with van der Waals surface area (Å²) < 4.78 is 11.3. The van der Waals surface area contributed by atoms with Crippen molar-refractivity contribution in [3.8, 4) is 17.2 Å². The van der Waals surface area contributed by atoms with Crippen molar-refractivity contribution in [3.63, 3.8) is 0 Å². The number of carbonyl (C=O) groups is 2. The van der Waals surface area contributed by atoms with Gasteiger partial charge in [0.15, 0.2) is 11.5 Å². The van der Waals surface area contributed by atoms with Crippen LogP contribution < -0.4 is 19.3 Å². The van der Waals surface area contributed by atoms with E-state index in [4.69, 9.17) is 9.47 Å². The van der Waals surface area contributed by atoms with Crippen LogP contribution in [0.15, 0.2) is 60.2 Å². The molecular weight excluding hydrogens is 512 g/mol. The Morgan fingerprint density at radius 1 is 1.15 bits per heavy atom. The fourth-order valence-electron chi connectivity index (χ4n) is 5.22. The zero-order valence-electron chi connectivity index (χ0n) is 22.3. The SMILES string of the molecule is CCOc1cc(C2/C(=C(\O)c3ccc4c(c3)N(C)CCO4)C(=O)C(=O)N2c2nc3ccc(C)cc3[nH]2)ccc1O. The molecule has 2 aliphatic heterocycles. The molecular formula is C30H28N4O6. The summed E-state index contributed by atoms with van der Waals surface area (Å²) in [5.74, 6) is -1.08. The summed E-state index contributed by atoms with van der Waals surface area (Å²) >= 11 is 0. The zero-order chi connectivity index (χ0) is 28.1. The quantitative estimate of drug-likeness (QED) is 0.193. The van der Waals surface area contributed by atoms with E-state index in [1.54, 1.807) is 37.3 Å². The van der Waals surface area contributed by atoms with Crippen LogP contribution in [-0.2, 0) is 9.59 Å². The number of nitrogens with one attached hydrogen (secondary N) is 1. The fourth-order valence-corrected chi connectivity index (χ4v) is 5.22. The van der Waals surface area contributed by atoms with E-state index in [9.17, 15) is 19.8 Å². The smallest absolute Gasteiger partial charge is 0.302 e. The Balaban J connectivity index is 1.56. The van der Waals surface area contributed by atoms with Crippen molar-refractivity contribution in [1.82, 2.24) is 9.97 Å². The van der Waals surface area contributed by atoms with E-state index >= 15 is 0 Å². The van der Waals surface area contributed by atoms with Crippen LogP contribution in [0.25, 0.3) is 16.8 Å². The van der Waals surface area contributed by atoms with E-state index in [1.165, 1.54) is 11.0 Å². The van der Waals surface area contributed by atoms with Crippen molar-refractivity contribution < 1.29 is 29.3 Å². The number of phenols is 1. The number of benzene rings is 3. The molecule has 1 aromatic heterocycles. The van der Waals surface area contributed by atoms with E-state index in [1.807, 2.05) is 37.1 Å². The minimum Gasteiger partial charge on any atom is -0.507 e. The van der Waals surface area contributed by atoms with E-state index in [0.29, 0.717) is 47.7 Å². The maximum absolute atomic E-state index is 13.6. The maximum atomic E-state index is 13.6. The molecule has 1 unspecified atom stereocenters. The van der Waals surface area contributed by atoms with Gasteiger partial charge in [-0.3, -0.25) is 14.5 Å². The topological polar surface area (TPSA) is 128 Å². The van der Waals surface area contributed by atoms with Crippen LogP contribution in [0.1, 0.15) is 29.7 Å². The molecule has 10 heteroatoms. The lowest BCUT2D eigenvalue weighted by Crippen LogP contribution is -2.30. The third-order valence-electron chi connectivity index (χ3n) is 7.22. The van der Waals surface area contributed by atoms with Gasteiger partial charge in [0, 0.05) is 12.6 Å². The summed E-state index contributed by atoms with van der Waals surface area (Å²) in [4.78, 5) is 38.2. The van der Waals surface area contributed by atoms with Crippen molar-refractivity contribution >= 4 is 40.1 Å². The molecule has 3 N–H and O–H groups in total. The van der Waals surface area contributed by atoms with E-state index < -0.39 is 17.7 Å². The lowest BCUT2D eigenvalue weighted by Gasteiger charge is -2.28. The van der Waals surface area contributed by atoms with Gasteiger partial charge in [0.1, 0.15) is 18.1 Å². The maximum Gasteiger partial charge on any atom is 0.302 e. The molecule has 1 fully saturated rings. The summed E-state index contributed by atoms with van der Waals surface area (Å²) in [6.45, 7) is 5.23. The Hall–Kier alpha value is -4.99. The molecule has 1 atom stereocenters. The molecule has 204 valence electrons. The number of H-pyrrole nitrogens is 1. The van der Waals surface area contributed by atoms with Gasteiger partial charge in [0.05, 0.1) is 41.5 Å². The van der Waals surface area contributed by atoms with Crippen molar-refractivity contribution in [2.75, 3.05) is 36.6 Å². The Labute approximate surface area is 230 Å². The average Bonchev–Trinajstić information content (AvgIpc) is 3.47. The number of anilines is 2. The Morgan fingerprint density at radius 2 is 1.98 bits per heavy atom. The molecule has 10 nitrogen and oxygen atoms in total. The highest BCUT2D eigenvalue weighted by atomic mass is 16.5. The molecule has 40 heavy (non-hydrogen) atoms. The number of phenolic OH excluding ortho intramolecular Hbond substituents is 1. The van der Waals surface area contributed by atoms with Crippen molar-refractivity contribution in [2.45, 2.75) is 19.9 Å². The molecule has 2 aliphatic rings. The lowest BCUT2D eigenvalue weighted by molar-refractivity contribution is -0.132. The van der Waals surface area contributed by atoms with Gasteiger partial charge in [-0.1, -0.05) is 12.1 Å². The second kappa shape index (κ2) is 9.64. The molecule has 1 amide bonds. The molecule has 3 aromatic carbocycles. The summed E-state index contributed by atoms with van der Waals surface area (Å²) in [6.07, 6.45) is 0. The minimum absolute atomic E-state index is 0.0838. The second-order valence-electron chi connectivity index (χ2n) is 9.86. The highest BCUT2D eigenvalue weighted by molar-refractivity contribution is 6.51. The summed E-state index contributed by atoms with van der Waals surface area (Å²) in [7, 11) is 1.92. The van der Waals surface area contributed by atoms with Gasteiger partial charge in [-0.05, 0) is 67.4 Å². The predicted octanol–water partition coefficient (Wildman–Crippen LogP) is 4.43. The molecule has 0 aliphatic carbocycles. The first-order valence-electron chi connectivity index (χ1n) is 13.0. The number of fused-ring (bicyclic) bond motifs is 2. The normalized spacial score (nSPS) is 18.2. The second-order valence-corrected chi connectivity index (χ2v) is 9.86. The first-order valence-corrected chi connectivity index (χ1v) is 13.0. The first kappa shape index (κ1) is 25.3. The van der Waals surface area contributed by atoms with Gasteiger partial charge < -0.3 is 29.6 Å². The first-order chi connectivity index (χ1) is 19.3. The summed E-state index contributed by atoms with van der Waals surface area (Å²) in [6, 6.07) is 14.3. The predicted molar refractivity (Wildman–Crippen MR) is 150 cm³/mol. The third kappa shape index (κ3) is 4.08. The Bertz CT molecular complexity index is 1710. The van der Waals surface area contributed by atoms with Crippen molar-refractivity contribution in [1.29, 1.82) is 0 Å². The van der Waals surface area contributed by atoms with Crippen LogP contribution >= 0.6 is 0 Å². The largest absolute Gasteiger partial charge is 0.507 e. The number of rotatable bonds is 5. The standard InChI is InChI=1S/C30H28N4O6/c1-4-39-24-15-17(6-9-22(24)35)26-25(27(36)18-7-10-23-21(14-18)33(3)11-12-40-23)28(37)29(38)34(26)30-31-19-8-5-16(2)13-20(19)32-30/h5-10,13-15,26,35-36H,4,11-12H2,1-3H3,(H,31,32)/b27-25+. The van der Waals surface area contributed by atoms with Gasteiger partial charge in [-0.2, -0.15) is 0 Å². The van der Waals surface area contributed by atoms with E-state index in [2.05, 4.69) is 9.97 Å². The Morgan fingerprint density at radius 3 is 2.77 bits per heavy atom. The van der Waals surface area contributed by atoms with Crippen LogP contribution in [0, 0.1) is 6.92 Å². The van der Waals surface area contributed by atoms with Crippen LogP contribution in [0.4, 0.5) is 11.6 Å². The van der Waals surface area contributed by atoms with Crippen molar-refractivity contribution in [3.05, 3.63) is 76.9 Å². The molecule has 3 heterocycles. The van der Waals surface area contributed by atoms with Crippen molar-refractivity contribution in [2.24, 2.45) is 0 Å². The number of imidazole rings is 1. The highest BCUT2D eigenvalue weighted by Gasteiger charge is 2.48. The number of amides is 1. The number of Topliss-reactive ketones (excluding diaryl/α,β-unsaturated/α-hetero) is 1. The molecule has 0 spiro atoms. The number of aromatic nitrogens is 2. The number of hydrogen-bond donors (Lipinski definition) is 3. The molecule has 1 saturated heterocycles. The van der Waals surface area contributed by atoms with Crippen LogP contribution in [0.3, 0.4) is 0 Å². The lowest BCUT2D eigenvalue weighted by atomic mass is 9.94. The summed E-state index contributed by atoms with van der Waals surface area (Å²) in [5.41, 5.74) is 3.81. The molecule has 0 saturated carbocycles. The number of aryl methyl sites for hydroxylation is 1. The summed E-state index contributed by atoms with van der Waals surface area (Å²) in [5, 5.41) is 21.9. The molecule has 6 rings (SSSR count). The van der Waals surface area contributed by atoms with Gasteiger partial charge in [0.2, 0.25) is 5.95 Å². The average molecular weight is 541 g/mol. The van der Waals surface area contributed by atoms with Crippen LogP contribution in [0.5, 0.6) is 17.2 Å². The molecule has 4 aromatic rings. The number of hydrogen-bond acceptors (Lipinski definition) is 8. The third-order valence-corrected chi connectivity index (χ3v) is 7.22. The highest BCUT2D eigenvalue weighted by Crippen LogP contribution is 2.44. The number of nitrogens with zero attached hydrogens (tertiary/aromatic N) is 3. The van der Waals surface area contributed by atoms with E-state index in [-0.39, 0.29) is 28.8 Å². The molecule has 0 bridgehead atoms. The van der Waals surface area contributed by atoms with Crippen LogP contribution in [0.2, 0.25) is 0 Å². The number of aromatic hydroxyl groups is 1. The minimum atomic E-state index is -1.05. The number of ketones is 1.